The number of hydrogen-bond donors (Lipinski definition) is 1. The Balaban J connectivity index is 2.10. The molecule has 0 fully saturated rings. The van der Waals surface area contributed by atoms with Gasteiger partial charge in [0, 0.05) is 6.04 Å². The Bertz CT molecular complexity index is 666. The Morgan fingerprint density at radius 3 is 2.25 bits per heavy atom. The maximum Gasteiger partial charge on any atom is 0.216 e. The molecule has 0 saturated carbocycles. The van der Waals surface area contributed by atoms with Gasteiger partial charge < -0.3 is 0 Å². The molecule has 0 aromatic heterocycles. The molecule has 2 rings (SSSR count). The van der Waals surface area contributed by atoms with E-state index >= 15 is 0 Å². The fourth-order valence-electron chi connectivity index (χ4n) is 2.10. The van der Waals surface area contributed by atoms with Crippen molar-refractivity contribution in [2.75, 3.05) is 0 Å². The molecule has 20 heavy (non-hydrogen) atoms. The van der Waals surface area contributed by atoms with Crippen molar-refractivity contribution in [3.63, 3.8) is 0 Å². The van der Waals surface area contributed by atoms with Crippen LogP contribution in [-0.2, 0) is 15.8 Å². The monoisotopic (exact) mass is 289 g/mol. The normalized spacial score (nSPS) is 13.1. The van der Waals surface area contributed by atoms with Crippen LogP contribution in [0, 0.1) is 6.92 Å². The molecule has 0 aliphatic rings. The van der Waals surface area contributed by atoms with Gasteiger partial charge in [0.1, 0.15) is 0 Å². The lowest BCUT2D eigenvalue weighted by Crippen LogP contribution is -2.28. The highest BCUT2D eigenvalue weighted by Gasteiger charge is 2.17. The molecule has 106 valence electrons. The third-order valence-electron chi connectivity index (χ3n) is 3.26. The van der Waals surface area contributed by atoms with Crippen LogP contribution in [0.5, 0.6) is 0 Å². The highest BCUT2D eigenvalue weighted by Crippen LogP contribution is 2.16. The lowest BCUT2D eigenvalue weighted by molar-refractivity contribution is 0.566. The molecule has 1 atom stereocenters. The third-order valence-corrected chi connectivity index (χ3v) is 4.67. The van der Waals surface area contributed by atoms with Crippen LogP contribution in [0.2, 0.25) is 0 Å². The van der Waals surface area contributed by atoms with E-state index < -0.39 is 10.0 Å². The Morgan fingerprint density at radius 1 is 1.00 bits per heavy atom. The number of benzene rings is 2. The van der Waals surface area contributed by atoms with Crippen molar-refractivity contribution in [3.8, 4) is 0 Å². The van der Waals surface area contributed by atoms with E-state index in [1.165, 1.54) is 0 Å². The minimum absolute atomic E-state index is 0.0108. The summed E-state index contributed by atoms with van der Waals surface area (Å²) < 4.78 is 27.2. The molecule has 0 saturated heterocycles. The van der Waals surface area contributed by atoms with Gasteiger partial charge in [-0.2, -0.15) is 0 Å². The Morgan fingerprint density at radius 2 is 1.60 bits per heavy atom. The van der Waals surface area contributed by atoms with E-state index in [1.807, 2.05) is 68.4 Å². The summed E-state index contributed by atoms with van der Waals surface area (Å²) in [5, 5.41) is 0. The average Bonchev–Trinajstić information content (AvgIpc) is 2.41. The number of hydrogen-bond acceptors (Lipinski definition) is 2. The fraction of sp³-hybridized carbons (Fsp3) is 0.250. The Kier molecular flexibility index (Phi) is 4.57. The van der Waals surface area contributed by atoms with Crippen LogP contribution in [0.1, 0.15) is 29.7 Å². The van der Waals surface area contributed by atoms with E-state index in [2.05, 4.69) is 4.72 Å². The van der Waals surface area contributed by atoms with Crippen molar-refractivity contribution >= 4 is 10.0 Å². The zero-order chi connectivity index (χ0) is 14.6. The first kappa shape index (κ1) is 14.8. The van der Waals surface area contributed by atoms with Gasteiger partial charge in [-0.1, -0.05) is 54.6 Å². The van der Waals surface area contributed by atoms with Gasteiger partial charge in [0.2, 0.25) is 10.0 Å². The molecular formula is C16H19NO2S. The third kappa shape index (κ3) is 3.92. The Labute approximate surface area is 120 Å². The predicted octanol–water partition coefficient (Wildman–Crippen LogP) is 3.18. The molecule has 0 amide bonds. The second-order valence-electron chi connectivity index (χ2n) is 4.94. The molecule has 1 N–H and O–H groups in total. The first-order valence-electron chi connectivity index (χ1n) is 6.57. The van der Waals surface area contributed by atoms with Crippen LogP contribution >= 0.6 is 0 Å². The number of nitrogens with one attached hydrogen (secondary N) is 1. The molecule has 2 aromatic rings. The van der Waals surface area contributed by atoms with Gasteiger partial charge >= 0.3 is 0 Å². The van der Waals surface area contributed by atoms with E-state index in [4.69, 9.17) is 0 Å². The molecular weight excluding hydrogens is 270 g/mol. The van der Waals surface area contributed by atoms with Crippen molar-refractivity contribution in [1.29, 1.82) is 0 Å². The van der Waals surface area contributed by atoms with Crippen LogP contribution in [0.25, 0.3) is 0 Å². The second-order valence-corrected chi connectivity index (χ2v) is 6.69. The molecule has 0 spiro atoms. The van der Waals surface area contributed by atoms with Gasteiger partial charge in [-0.3, -0.25) is 0 Å². The molecule has 0 radical (unpaired) electrons. The van der Waals surface area contributed by atoms with Crippen molar-refractivity contribution in [2.24, 2.45) is 0 Å². The van der Waals surface area contributed by atoms with Crippen molar-refractivity contribution < 1.29 is 8.42 Å². The molecule has 0 bridgehead atoms. The zero-order valence-electron chi connectivity index (χ0n) is 11.7. The number of rotatable bonds is 5. The lowest BCUT2D eigenvalue weighted by atomic mass is 10.1. The van der Waals surface area contributed by atoms with Gasteiger partial charge in [0.15, 0.2) is 0 Å². The van der Waals surface area contributed by atoms with E-state index in [9.17, 15) is 8.42 Å². The first-order chi connectivity index (χ1) is 9.48. The van der Waals surface area contributed by atoms with Gasteiger partial charge in [-0.05, 0) is 30.5 Å². The SMILES string of the molecule is Cc1ccccc1CS(=O)(=O)NC(C)c1ccccc1. The van der Waals surface area contributed by atoms with Gasteiger partial charge in [0.05, 0.1) is 5.75 Å². The minimum Gasteiger partial charge on any atom is -0.212 e. The van der Waals surface area contributed by atoms with Gasteiger partial charge in [-0.25, -0.2) is 13.1 Å². The summed E-state index contributed by atoms with van der Waals surface area (Å²) in [6.45, 7) is 3.77. The summed E-state index contributed by atoms with van der Waals surface area (Å²) in [6.07, 6.45) is 0. The summed E-state index contributed by atoms with van der Waals surface area (Å²) in [7, 11) is -3.35. The van der Waals surface area contributed by atoms with Crippen LogP contribution in [0.15, 0.2) is 54.6 Å². The standard InChI is InChI=1S/C16H19NO2S/c1-13-8-6-7-11-16(13)12-20(18,19)17-14(2)15-9-4-3-5-10-15/h3-11,14,17H,12H2,1-2H3. The van der Waals surface area contributed by atoms with E-state index in [0.29, 0.717) is 0 Å². The van der Waals surface area contributed by atoms with Crippen molar-refractivity contribution in [1.82, 2.24) is 4.72 Å². The smallest absolute Gasteiger partial charge is 0.212 e. The molecule has 0 aliphatic heterocycles. The summed E-state index contributed by atoms with van der Waals surface area (Å²) in [4.78, 5) is 0. The molecule has 3 nitrogen and oxygen atoms in total. The molecule has 1 unspecified atom stereocenters. The van der Waals surface area contributed by atoms with Gasteiger partial charge in [0.25, 0.3) is 0 Å². The highest BCUT2D eigenvalue weighted by atomic mass is 32.2. The van der Waals surface area contributed by atoms with Crippen molar-refractivity contribution in [3.05, 3.63) is 71.3 Å². The molecule has 0 heterocycles. The maximum absolute atomic E-state index is 12.2. The summed E-state index contributed by atoms with van der Waals surface area (Å²) in [5.41, 5.74) is 2.78. The topological polar surface area (TPSA) is 46.2 Å². The highest BCUT2D eigenvalue weighted by molar-refractivity contribution is 7.88. The number of sulfonamides is 1. The van der Waals surface area contributed by atoms with Crippen molar-refractivity contribution in [2.45, 2.75) is 25.6 Å². The maximum atomic E-state index is 12.2. The zero-order valence-corrected chi connectivity index (χ0v) is 12.5. The van der Waals surface area contributed by atoms with Gasteiger partial charge in [-0.15, -0.1) is 0 Å². The average molecular weight is 289 g/mol. The predicted molar refractivity (Wildman–Crippen MR) is 81.8 cm³/mol. The first-order valence-corrected chi connectivity index (χ1v) is 8.22. The Hall–Kier alpha value is -1.65. The minimum atomic E-state index is -3.35. The molecule has 0 aliphatic carbocycles. The van der Waals surface area contributed by atoms with Crippen LogP contribution in [-0.4, -0.2) is 8.42 Å². The lowest BCUT2D eigenvalue weighted by Gasteiger charge is -2.15. The van der Waals surface area contributed by atoms with Crippen LogP contribution in [0.4, 0.5) is 0 Å². The van der Waals surface area contributed by atoms with E-state index in [1.54, 1.807) is 0 Å². The van der Waals surface area contributed by atoms with Crippen LogP contribution in [0.3, 0.4) is 0 Å². The quantitative estimate of drug-likeness (QED) is 0.919. The number of aryl methyl sites for hydroxylation is 1. The largest absolute Gasteiger partial charge is 0.216 e. The second kappa shape index (κ2) is 6.20. The van der Waals surface area contributed by atoms with E-state index in [-0.39, 0.29) is 11.8 Å². The summed E-state index contributed by atoms with van der Waals surface area (Å²) in [6, 6.07) is 16.9. The van der Waals surface area contributed by atoms with Crippen LogP contribution < -0.4 is 4.72 Å². The summed E-state index contributed by atoms with van der Waals surface area (Å²) >= 11 is 0. The summed E-state index contributed by atoms with van der Waals surface area (Å²) in [5.74, 6) is 0.0108. The molecule has 4 heteroatoms. The van der Waals surface area contributed by atoms with E-state index in [0.717, 1.165) is 16.7 Å². The fourth-order valence-corrected chi connectivity index (χ4v) is 3.59. The molecule has 2 aromatic carbocycles.